The number of rotatable bonds is 4. The normalized spacial score (nSPS) is 10.8. The van der Waals surface area contributed by atoms with E-state index in [2.05, 4.69) is 4.98 Å². The van der Waals surface area contributed by atoms with Crippen LogP contribution < -0.4 is 5.73 Å². The minimum Gasteiger partial charge on any atom is -0.330 e. The summed E-state index contributed by atoms with van der Waals surface area (Å²) in [5.41, 5.74) is 6.07. The summed E-state index contributed by atoms with van der Waals surface area (Å²) < 4.78 is 25.9. The Morgan fingerprint density at radius 2 is 2.06 bits per heavy atom. The third kappa shape index (κ3) is 2.87. The molecule has 2 aromatic rings. The van der Waals surface area contributed by atoms with Crippen molar-refractivity contribution in [3.8, 4) is 10.4 Å². The van der Waals surface area contributed by atoms with E-state index in [0.29, 0.717) is 12.1 Å². The molecule has 0 saturated heterocycles. The van der Waals surface area contributed by atoms with Crippen molar-refractivity contribution in [3.63, 3.8) is 0 Å². The van der Waals surface area contributed by atoms with Gasteiger partial charge in [-0.05, 0) is 30.7 Å². The predicted octanol–water partition coefficient (Wildman–Crippen LogP) is 2.98. The molecule has 0 aliphatic heterocycles. The van der Waals surface area contributed by atoms with E-state index < -0.39 is 11.6 Å². The maximum absolute atomic E-state index is 13.1. The smallest absolute Gasteiger partial charge is 0.159 e. The van der Waals surface area contributed by atoms with Crippen molar-refractivity contribution < 1.29 is 8.78 Å². The monoisotopic (exact) mass is 254 g/mol. The molecule has 5 heteroatoms. The Hall–Kier alpha value is -1.33. The van der Waals surface area contributed by atoms with Gasteiger partial charge in [0.25, 0.3) is 0 Å². The van der Waals surface area contributed by atoms with E-state index in [9.17, 15) is 8.78 Å². The second kappa shape index (κ2) is 5.33. The van der Waals surface area contributed by atoms with E-state index in [1.54, 1.807) is 12.3 Å². The third-order valence-corrected chi connectivity index (χ3v) is 3.46. The van der Waals surface area contributed by atoms with E-state index in [1.807, 2.05) is 0 Å². The number of thiazole rings is 1. The Balaban J connectivity index is 2.21. The van der Waals surface area contributed by atoms with E-state index in [0.717, 1.165) is 28.8 Å². The van der Waals surface area contributed by atoms with Crippen LogP contribution in [0.3, 0.4) is 0 Å². The molecule has 17 heavy (non-hydrogen) atoms. The Bertz CT molecular complexity index is 511. The fraction of sp³-hybridized carbons (Fsp3) is 0.250. The molecule has 90 valence electrons. The number of aryl methyl sites for hydroxylation is 1. The lowest BCUT2D eigenvalue weighted by Crippen LogP contribution is -1.99. The lowest BCUT2D eigenvalue weighted by atomic mass is 10.2. The third-order valence-electron chi connectivity index (χ3n) is 2.35. The van der Waals surface area contributed by atoms with Crippen molar-refractivity contribution in [3.05, 3.63) is 41.0 Å². The molecular formula is C12H12F2N2S. The molecule has 0 atom stereocenters. The van der Waals surface area contributed by atoms with Crippen LogP contribution in [0.5, 0.6) is 0 Å². The quantitative estimate of drug-likeness (QED) is 0.911. The highest BCUT2D eigenvalue weighted by molar-refractivity contribution is 7.15. The number of benzene rings is 1. The van der Waals surface area contributed by atoms with Gasteiger partial charge in [0, 0.05) is 12.6 Å². The first-order chi connectivity index (χ1) is 8.20. The van der Waals surface area contributed by atoms with Gasteiger partial charge in [-0.3, -0.25) is 0 Å². The first kappa shape index (κ1) is 12.1. The van der Waals surface area contributed by atoms with E-state index in [1.165, 1.54) is 17.4 Å². The van der Waals surface area contributed by atoms with Gasteiger partial charge in [-0.25, -0.2) is 13.8 Å². The highest BCUT2D eigenvalue weighted by Crippen LogP contribution is 2.27. The summed E-state index contributed by atoms with van der Waals surface area (Å²) in [6.07, 6.45) is 3.39. The molecule has 0 aliphatic carbocycles. The maximum atomic E-state index is 13.1. The first-order valence-corrected chi connectivity index (χ1v) is 6.12. The van der Waals surface area contributed by atoms with Crippen LogP contribution in [0.25, 0.3) is 10.4 Å². The molecule has 1 aromatic carbocycles. The zero-order chi connectivity index (χ0) is 12.3. The summed E-state index contributed by atoms with van der Waals surface area (Å²) in [4.78, 5) is 5.07. The molecule has 2 nitrogen and oxygen atoms in total. The van der Waals surface area contributed by atoms with Crippen molar-refractivity contribution >= 4 is 11.3 Å². The fourth-order valence-corrected chi connectivity index (χ4v) is 2.42. The molecule has 2 N–H and O–H groups in total. The van der Waals surface area contributed by atoms with Crippen LogP contribution >= 0.6 is 11.3 Å². The van der Waals surface area contributed by atoms with Gasteiger partial charge in [-0.1, -0.05) is 6.07 Å². The number of hydrogen-bond donors (Lipinski definition) is 1. The number of nitrogens with two attached hydrogens (primary N) is 1. The standard InChI is InChI=1S/C12H12F2N2S/c13-9-4-3-8(6-10(9)14)11-7-16-12(17-11)2-1-5-15/h3-4,6-7H,1-2,5,15H2. The van der Waals surface area contributed by atoms with Crippen LogP contribution in [-0.2, 0) is 6.42 Å². The molecule has 0 saturated carbocycles. The largest absolute Gasteiger partial charge is 0.330 e. The molecule has 0 aliphatic rings. The molecule has 0 bridgehead atoms. The number of nitrogens with zero attached hydrogens (tertiary/aromatic N) is 1. The molecule has 1 aromatic heterocycles. The van der Waals surface area contributed by atoms with Gasteiger partial charge in [0.05, 0.1) is 9.88 Å². The van der Waals surface area contributed by atoms with Crippen LogP contribution in [0.4, 0.5) is 8.78 Å². The van der Waals surface area contributed by atoms with E-state index >= 15 is 0 Å². The Kier molecular flexibility index (Phi) is 3.81. The van der Waals surface area contributed by atoms with Gasteiger partial charge in [0.1, 0.15) is 0 Å². The topological polar surface area (TPSA) is 38.9 Å². The second-order valence-electron chi connectivity index (χ2n) is 3.64. The van der Waals surface area contributed by atoms with Crippen molar-refractivity contribution in [2.24, 2.45) is 5.73 Å². The zero-order valence-electron chi connectivity index (χ0n) is 9.12. The summed E-state index contributed by atoms with van der Waals surface area (Å²) in [6, 6.07) is 3.87. The van der Waals surface area contributed by atoms with Crippen molar-refractivity contribution in [2.45, 2.75) is 12.8 Å². The van der Waals surface area contributed by atoms with Gasteiger partial charge >= 0.3 is 0 Å². The number of hydrogen-bond acceptors (Lipinski definition) is 3. The Morgan fingerprint density at radius 1 is 1.24 bits per heavy atom. The molecule has 0 amide bonds. The maximum Gasteiger partial charge on any atom is 0.159 e. The average molecular weight is 254 g/mol. The van der Waals surface area contributed by atoms with Crippen molar-refractivity contribution in [2.75, 3.05) is 6.54 Å². The SMILES string of the molecule is NCCCc1ncc(-c2ccc(F)c(F)c2)s1. The van der Waals surface area contributed by atoms with Crippen molar-refractivity contribution in [1.82, 2.24) is 4.98 Å². The lowest BCUT2D eigenvalue weighted by molar-refractivity contribution is 0.509. The van der Waals surface area contributed by atoms with Crippen molar-refractivity contribution in [1.29, 1.82) is 0 Å². The zero-order valence-corrected chi connectivity index (χ0v) is 9.94. The van der Waals surface area contributed by atoms with Crippen LogP contribution in [0.1, 0.15) is 11.4 Å². The molecule has 0 radical (unpaired) electrons. The fourth-order valence-electron chi connectivity index (χ4n) is 1.46. The minimum atomic E-state index is -0.834. The van der Waals surface area contributed by atoms with Gasteiger partial charge in [-0.2, -0.15) is 0 Å². The van der Waals surface area contributed by atoms with Crippen LogP contribution in [-0.4, -0.2) is 11.5 Å². The van der Waals surface area contributed by atoms with Gasteiger partial charge in [0.15, 0.2) is 11.6 Å². The van der Waals surface area contributed by atoms with E-state index in [-0.39, 0.29) is 0 Å². The predicted molar refractivity (Wildman–Crippen MR) is 64.8 cm³/mol. The summed E-state index contributed by atoms with van der Waals surface area (Å²) in [7, 11) is 0. The number of halogens is 2. The average Bonchev–Trinajstić information content (AvgIpc) is 2.79. The first-order valence-electron chi connectivity index (χ1n) is 5.31. The minimum absolute atomic E-state index is 0.625. The van der Waals surface area contributed by atoms with Gasteiger partial charge in [0.2, 0.25) is 0 Å². The highest BCUT2D eigenvalue weighted by Gasteiger charge is 2.07. The summed E-state index contributed by atoms with van der Waals surface area (Å²) in [5.74, 6) is -1.67. The number of aromatic nitrogens is 1. The van der Waals surface area contributed by atoms with Crippen LogP contribution in [0.2, 0.25) is 0 Å². The molecule has 1 heterocycles. The molecule has 2 rings (SSSR count). The molecule has 0 spiro atoms. The van der Waals surface area contributed by atoms with Crippen LogP contribution in [0.15, 0.2) is 24.4 Å². The lowest BCUT2D eigenvalue weighted by Gasteiger charge is -1.97. The molecule has 0 fully saturated rings. The van der Waals surface area contributed by atoms with Crippen LogP contribution in [0, 0.1) is 11.6 Å². The summed E-state index contributed by atoms with van der Waals surface area (Å²) in [6.45, 7) is 0.625. The van der Waals surface area contributed by atoms with Gasteiger partial charge in [-0.15, -0.1) is 11.3 Å². The summed E-state index contributed by atoms with van der Waals surface area (Å²) >= 11 is 1.48. The molecule has 0 unspecified atom stereocenters. The second-order valence-corrected chi connectivity index (χ2v) is 4.75. The highest BCUT2D eigenvalue weighted by atomic mass is 32.1. The Morgan fingerprint density at radius 3 is 2.76 bits per heavy atom. The Labute approximate surface area is 102 Å². The van der Waals surface area contributed by atoms with Gasteiger partial charge < -0.3 is 5.73 Å². The van der Waals surface area contributed by atoms with E-state index in [4.69, 9.17) is 5.73 Å². The summed E-state index contributed by atoms with van der Waals surface area (Å²) in [5, 5.41) is 0.968. The molecular weight excluding hydrogens is 242 g/mol.